The zero-order valence-corrected chi connectivity index (χ0v) is 10.7. The fourth-order valence-corrected chi connectivity index (χ4v) is 1.47. The molecule has 94 valence electrons. The van der Waals surface area contributed by atoms with Crippen molar-refractivity contribution >= 4 is 11.6 Å². The first-order valence-electron chi connectivity index (χ1n) is 5.89. The Hall–Kier alpha value is -1.62. The number of aromatic nitrogens is 1. The van der Waals surface area contributed by atoms with Gasteiger partial charge in [-0.15, -0.1) is 0 Å². The van der Waals surface area contributed by atoms with Crippen LogP contribution in [0.4, 0.5) is 5.69 Å². The van der Waals surface area contributed by atoms with Crippen molar-refractivity contribution in [2.45, 2.75) is 33.6 Å². The smallest absolute Gasteiger partial charge is 0.210 e. The van der Waals surface area contributed by atoms with Gasteiger partial charge in [0.1, 0.15) is 0 Å². The number of nitrogens with zero attached hydrogens (tertiary/aromatic N) is 2. The van der Waals surface area contributed by atoms with Crippen molar-refractivity contribution in [2.24, 2.45) is 10.8 Å². The van der Waals surface area contributed by atoms with Gasteiger partial charge in [0.15, 0.2) is 0 Å². The quantitative estimate of drug-likeness (QED) is 0.244. The fraction of sp³-hybridized carbons (Fsp3) is 0.500. The molecule has 0 aliphatic rings. The van der Waals surface area contributed by atoms with E-state index in [4.69, 9.17) is 5.84 Å². The van der Waals surface area contributed by atoms with E-state index in [9.17, 15) is 0 Å². The Balaban J connectivity index is 2.77. The molecule has 5 heteroatoms. The number of hydrogen-bond donors (Lipinski definition) is 3. The summed E-state index contributed by atoms with van der Waals surface area (Å²) in [6, 6.07) is 1.95. The normalized spacial score (nSPS) is 11.4. The molecule has 1 heterocycles. The molecule has 0 spiro atoms. The standard InChI is InChI=1S/C12H21N5/c1-4-5-7-15-12(17-13)16-11-9(2)6-8-14-10(11)3/h6,8H,4-5,7,13H2,1-3H3,(H2,15,16,17). The van der Waals surface area contributed by atoms with Crippen molar-refractivity contribution in [3.8, 4) is 0 Å². The maximum Gasteiger partial charge on any atom is 0.210 e. The minimum atomic E-state index is 0.581. The lowest BCUT2D eigenvalue weighted by Crippen LogP contribution is -2.36. The van der Waals surface area contributed by atoms with Crippen LogP contribution in [-0.2, 0) is 0 Å². The molecule has 0 unspecified atom stereocenters. The van der Waals surface area contributed by atoms with Crippen LogP contribution in [0.25, 0.3) is 0 Å². The van der Waals surface area contributed by atoms with Gasteiger partial charge in [-0.05, 0) is 31.9 Å². The van der Waals surface area contributed by atoms with Crippen LogP contribution in [0.1, 0.15) is 31.0 Å². The summed E-state index contributed by atoms with van der Waals surface area (Å²) in [6.07, 6.45) is 3.96. The van der Waals surface area contributed by atoms with Gasteiger partial charge in [0, 0.05) is 12.7 Å². The highest BCUT2D eigenvalue weighted by molar-refractivity contribution is 5.94. The molecule has 0 fully saturated rings. The summed E-state index contributed by atoms with van der Waals surface area (Å²) in [5.41, 5.74) is 5.59. The number of nitrogens with two attached hydrogens (primary N) is 1. The molecule has 5 nitrogen and oxygen atoms in total. The number of hydrogen-bond acceptors (Lipinski definition) is 3. The first kappa shape index (κ1) is 13.4. The molecule has 0 atom stereocenters. The number of nitrogens with one attached hydrogen (secondary N) is 2. The highest BCUT2D eigenvalue weighted by Crippen LogP contribution is 2.16. The molecular formula is C12H21N5. The van der Waals surface area contributed by atoms with Crippen LogP contribution in [0.15, 0.2) is 17.3 Å². The number of aryl methyl sites for hydroxylation is 2. The molecule has 1 rings (SSSR count). The molecule has 1 aromatic rings. The average molecular weight is 235 g/mol. The largest absolute Gasteiger partial charge is 0.323 e. The van der Waals surface area contributed by atoms with E-state index in [2.05, 4.69) is 27.6 Å². The van der Waals surface area contributed by atoms with E-state index in [-0.39, 0.29) is 0 Å². The van der Waals surface area contributed by atoms with Gasteiger partial charge in [0.05, 0.1) is 11.4 Å². The Bertz CT molecular complexity index is 366. The van der Waals surface area contributed by atoms with E-state index in [1.165, 1.54) is 0 Å². The summed E-state index contributed by atoms with van der Waals surface area (Å²) in [5.74, 6) is 6.02. The first-order chi connectivity index (χ1) is 8.19. The van der Waals surface area contributed by atoms with E-state index in [1.54, 1.807) is 6.20 Å². The van der Waals surface area contributed by atoms with Crippen LogP contribution in [0.5, 0.6) is 0 Å². The Morgan fingerprint density at radius 2 is 2.24 bits per heavy atom. The monoisotopic (exact) mass is 235 g/mol. The molecule has 17 heavy (non-hydrogen) atoms. The van der Waals surface area contributed by atoms with Gasteiger partial charge >= 0.3 is 0 Å². The summed E-state index contributed by atoms with van der Waals surface area (Å²) >= 11 is 0. The van der Waals surface area contributed by atoms with Gasteiger partial charge in [-0.3, -0.25) is 15.4 Å². The predicted octanol–water partition coefficient (Wildman–Crippen LogP) is 1.73. The van der Waals surface area contributed by atoms with Crippen LogP contribution >= 0.6 is 0 Å². The lowest BCUT2D eigenvalue weighted by molar-refractivity contribution is 0.801. The van der Waals surface area contributed by atoms with E-state index in [1.807, 2.05) is 19.9 Å². The second-order valence-electron chi connectivity index (χ2n) is 3.94. The van der Waals surface area contributed by atoms with E-state index >= 15 is 0 Å². The fourth-order valence-electron chi connectivity index (χ4n) is 1.47. The van der Waals surface area contributed by atoms with Gasteiger partial charge in [0.2, 0.25) is 5.96 Å². The van der Waals surface area contributed by atoms with E-state index in [0.29, 0.717) is 5.96 Å². The minimum Gasteiger partial charge on any atom is -0.323 e. The number of hydrazine groups is 1. The molecule has 0 saturated carbocycles. The third-order valence-corrected chi connectivity index (χ3v) is 2.51. The van der Waals surface area contributed by atoms with Gasteiger partial charge < -0.3 is 5.32 Å². The van der Waals surface area contributed by atoms with Crippen molar-refractivity contribution in [1.82, 2.24) is 10.4 Å². The Morgan fingerprint density at radius 3 is 2.82 bits per heavy atom. The minimum absolute atomic E-state index is 0.581. The third-order valence-electron chi connectivity index (χ3n) is 2.51. The van der Waals surface area contributed by atoms with Crippen molar-refractivity contribution in [2.75, 3.05) is 11.9 Å². The zero-order valence-electron chi connectivity index (χ0n) is 10.7. The molecule has 0 aliphatic heterocycles. The Labute approximate surface area is 103 Å². The first-order valence-corrected chi connectivity index (χ1v) is 5.89. The van der Waals surface area contributed by atoms with E-state index < -0.39 is 0 Å². The molecule has 4 N–H and O–H groups in total. The zero-order chi connectivity index (χ0) is 12.7. The van der Waals surface area contributed by atoms with Crippen LogP contribution in [0, 0.1) is 13.8 Å². The van der Waals surface area contributed by atoms with Crippen LogP contribution < -0.4 is 16.6 Å². The van der Waals surface area contributed by atoms with Crippen LogP contribution in [-0.4, -0.2) is 17.5 Å². The van der Waals surface area contributed by atoms with Crippen LogP contribution in [0.3, 0.4) is 0 Å². The van der Waals surface area contributed by atoms with Gasteiger partial charge in [-0.25, -0.2) is 5.84 Å². The number of rotatable bonds is 4. The number of pyridine rings is 1. The molecule has 0 radical (unpaired) electrons. The lowest BCUT2D eigenvalue weighted by Gasteiger charge is -2.13. The number of guanidine groups is 1. The summed E-state index contributed by atoms with van der Waals surface area (Å²) in [4.78, 5) is 8.59. The summed E-state index contributed by atoms with van der Waals surface area (Å²) in [5, 5.41) is 3.18. The van der Waals surface area contributed by atoms with Gasteiger partial charge in [-0.1, -0.05) is 13.3 Å². The number of unbranched alkanes of at least 4 members (excludes halogenated alkanes) is 1. The van der Waals surface area contributed by atoms with Crippen molar-refractivity contribution in [3.63, 3.8) is 0 Å². The average Bonchev–Trinajstić information content (AvgIpc) is 2.32. The molecular weight excluding hydrogens is 214 g/mol. The summed E-state index contributed by atoms with van der Waals surface area (Å²) in [7, 11) is 0. The maximum atomic E-state index is 5.44. The third kappa shape index (κ3) is 4.03. The highest BCUT2D eigenvalue weighted by Gasteiger charge is 2.05. The van der Waals surface area contributed by atoms with Gasteiger partial charge in [0.25, 0.3) is 0 Å². The van der Waals surface area contributed by atoms with Crippen molar-refractivity contribution < 1.29 is 0 Å². The van der Waals surface area contributed by atoms with Crippen molar-refractivity contribution in [1.29, 1.82) is 0 Å². The summed E-state index contributed by atoms with van der Waals surface area (Å²) in [6.45, 7) is 6.88. The summed E-state index contributed by atoms with van der Waals surface area (Å²) < 4.78 is 0. The molecule has 0 bridgehead atoms. The molecule has 0 aromatic carbocycles. The Morgan fingerprint density at radius 1 is 1.47 bits per heavy atom. The topological polar surface area (TPSA) is 75.3 Å². The number of aliphatic imine (C=N–C) groups is 1. The molecule has 0 aliphatic carbocycles. The van der Waals surface area contributed by atoms with E-state index in [0.717, 1.165) is 36.3 Å². The second-order valence-corrected chi connectivity index (χ2v) is 3.94. The maximum absolute atomic E-state index is 5.44. The second kappa shape index (κ2) is 6.85. The van der Waals surface area contributed by atoms with Crippen molar-refractivity contribution in [3.05, 3.63) is 23.5 Å². The number of anilines is 1. The SMILES string of the molecule is CCCCN=C(NN)Nc1c(C)ccnc1C. The molecule has 1 aromatic heterocycles. The molecule has 0 amide bonds. The molecule has 0 saturated heterocycles. The lowest BCUT2D eigenvalue weighted by atomic mass is 10.2. The Kier molecular flexibility index (Phi) is 5.42. The van der Waals surface area contributed by atoms with Gasteiger partial charge in [-0.2, -0.15) is 0 Å². The highest BCUT2D eigenvalue weighted by atomic mass is 15.3. The predicted molar refractivity (Wildman–Crippen MR) is 71.9 cm³/mol. The van der Waals surface area contributed by atoms with Crippen LogP contribution in [0.2, 0.25) is 0 Å².